The fraction of sp³-hybridized carbons (Fsp3) is 0.655. The summed E-state index contributed by atoms with van der Waals surface area (Å²) in [5, 5.41) is 15.2. The average Bonchev–Trinajstić information content (AvgIpc) is 2.85. The number of amides is 3. The molecule has 1 aromatic carbocycles. The summed E-state index contributed by atoms with van der Waals surface area (Å²) in [7, 11) is 0. The molecule has 0 radical (unpaired) electrons. The number of nitrogens with one attached hydrogen (secondary N) is 2. The summed E-state index contributed by atoms with van der Waals surface area (Å²) in [6, 6.07) is 7.46. The Labute approximate surface area is 226 Å². The highest BCUT2D eigenvalue weighted by Crippen LogP contribution is 2.37. The van der Waals surface area contributed by atoms with E-state index in [1.54, 1.807) is 4.90 Å². The number of hydrogen-bond acceptors (Lipinski definition) is 5. The summed E-state index contributed by atoms with van der Waals surface area (Å²) in [5.74, 6) is -2.05. The SMILES string of the molecule is CCC(C)[C@H](NC(=O)C1(c2ccccc2)CCN(C(=O)OC(C)(C)C)CC1)C(=O)N[C@H](CC(C)C)C(=O)O. The van der Waals surface area contributed by atoms with Gasteiger partial charge in [0.15, 0.2) is 0 Å². The fourth-order valence-electron chi connectivity index (χ4n) is 4.74. The predicted molar refractivity (Wildman–Crippen MR) is 146 cm³/mol. The van der Waals surface area contributed by atoms with E-state index in [1.807, 2.05) is 78.8 Å². The van der Waals surface area contributed by atoms with Crippen molar-refractivity contribution in [2.75, 3.05) is 13.1 Å². The maximum Gasteiger partial charge on any atom is 0.410 e. The molecule has 0 aromatic heterocycles. The summed E-state index contributed by atoms with van der Waals surface area (Å²) < 4.78 is 5.52. The number of nitrogens with zero attached hydrogens (tertiary/aromatic N) is 1. The van der Waals surface area contributed by atoms with Gasteiger partial charge in [0.1, 0.15) is 17.7 Å². The quantitative estimate of drug-likeness (QED) is 0.417. The lowest BCUT2D eigenvalue weighted by Crippen LogP contribution is -2.59. The van der Waals surface area contributed by atoms with Crippen LogP contribution >= 0.6 is 0 Å². The lowest BCUT2D eigenvalue weighted by Gasteiger charge is -2.42. The smallest absolute Gasteiger partial charge is 0.410 e. The van der Waals surface area contributed by atoms with Crippen LogP contribution in [0.4, 0.5) is 4.79 Å². The molecule has 1 saturated heterocycles. The van der Waals surface area contributed by atoms with Crippen molar-refractivity contribution in [3.05, 3.63) is 35.9 Å². The number of rotatable bonds is 10. The molecule has 0 aliphatic carbocycles. The highest BCUT2D eigenvalue weighted by atomic mass is 16.6. The van der Waals surface area contributed by atoms with Gasteiger partial charge in [0.25, 0.3) is 0 Å². The van der Waals surface area contributed by atoms with Gasteiger partial charge in [0.2, 0.25) is 11.8 Å². The zero-order chi connectivity index (χ0) is 28.7. The third-order valence-electron chi connectivity index (χ3n) is 7.13. The number of hydrogen-bond donors (Lipinski definition) is 3. The first-order chi connectivity index (χ1) is 17.7. The van der Waals surface area contributed by atoms with E-state index < -0.39 is 41.1 Å². The molecular weight excluding hydrogens is 486 g/mol. The second-order valence-electron chi connectivity index (χ2n) is 11.8. The Morgan fingerprint density at radius 3 is 2.08 bits per heavy atom. The van der Waals surface area contributed by atoms with Gasteiger partial charge in [-0.3, -0.25) is 9.59 Å². The van der Waals surface area contributed by atoms with E-state index >= 15 is 0 Å². The molecule has 0 bridgehead atoms. The van der Waals surface area contributed by atoms with Gasteiger partial charge >= 0.3 is 12.1 Å². The van der Waals surface area contributed by atoms with Crippen molar-refractivity contribution in [1.82, 2.24) is 15.5 Å². The average molecular weight is 532 g/mol. The second kappa shape index (κ2) is 13.1. The normalized spacial score (nSPS) is 17.7. The minimum atomic E-state index is -1.10. The maximum absolute atomic E-state index is 14.0. The van der Waals surface area contributed by atoms with Gasteiger partial charge in [0.05, 0.1) is 5.41 Å². The molecular formula is C29H45N3O6. The molecule has 3 amide bonds. The zero-order valence-corrected chi connectivity index (χ0v) is 23.9. The molecule has 212 valence electrons. The number of piperidine rings is 1. The largest absolute Gasteiger partial charge is 0.480 e. The van der Waals surface area contributed by atoms with Gasteiger partial charge in [-0.15, -0.1) is 0 Å². The predicted octanol–water partition coefficient (Wildman–Crippen LogP) is 4.10. The molecule has 2 rings (SSSR count). The minimum absolute atomic E-state index is 0.0737. The van der Waals surface area contributed by atoms with Crippen molar-refractivity contribution >= 4 is 23.9 Å². The molecule has 1 fully saturated rings. The van der Waals surface area contributed by atoms with Crippen LogP contribution in [0.5, 0.6) is 0 Å². The maximum atomic E-state index is 14.0. The van der Waals surface area contributed by atoms with Crippen LogP contribution in [0, 0.1) is 11.8 Å². The summed E-state index contributed by atoms with van der Waals surface area (Å²) in [4.78, 5) is 53.4. The molecule has 1 aromatic rings. The lowest BCUT2D eigenvalue weighted by molar-refractivity contribution is -0.143. The van der Waals surface area contributed by atoms with Crippen LogP contribution in [0.1, 0.15) is 79.7 Å². The van der Waals surface area contributed by atoms with E-state index in [0.717, 1.165) is 5.56 Å². The molecule has 1 heterocycles. The Morgan fingerprint density at radius 2 is 1.61 bits per heavy atom. The number of carboxylic acid groups (broad SMARTS) is 1. The number of likely N-dealkylation sites (tertiary alicyclic amines) is 1. The van der Waals surface area contributed by atoms with E-state index in [9.17, 15) is 24.3 Å². The van der Waals surface area contributed by atoms with Crippen molar-refractivity contribution in [1.29, 1.82) is 0 Å². The van der Waals surface area contributed by atoms with Gasteiger partial charge in [0, 0.05) is 13.1 Å². The summed E-state index contributed by atoms with van der Waals surface area (Å²) in [6.07, 6.45) is 1.22. The third kappa shape index (κ3) is 8.20. The van der Waals surface area contributed by atoms with E-state index in [-0.39, 0.29) is 24.2 Å². The number of carbonyl (C=O) groups is 4. The second-order valence-corrected chi connectivity index (χ2v) is 11.8. The molecule has 1 unspecified atom stereocenters. The van der Waals surface area contributed by atoms with Crippen LogP contribution in [-0.4, -0.2) is 64.7 Å². The molecule has 0 spiro atoms. The molecule has 3 N–H and O–H groups in total. The summed E-state index contributed by atoms with van der Waals surface area (Å²) in [5.41, 5.74) is -0.758. The number of benzene rings is 1. The Hall–Kier alpha value is -3.10. The molecule has 9 heteroatoms. The van der Waals surface area contributed by atoms with Crippen LogP contribution in [0.15, 0.2) is 30.3 Å². The van der Waals surface area contributed by atoms with Crippen LogP contribution in [0.3, 0.4) is 0 Å². The van der Waals surface area contributed by atoms with Crippen molar-refractivity contribution in [3.8, 4) is 0 Å². The highest BCUT2D eigenvalue weighted by Gasteiger charge is 2.46. The molecule has 3 atom stereocenters. The fourth-order valence-corrected chi connectivity index (χ4v) is 4.74. The van der Waals surface area contributed by atoms with Gasteiger partial charge in [-0.2, -0.15) is 0 Å². The Kier molecular flexibility index (Phi) is 10.7. The molecule has 0 saturated carbocycles. The number of carbonyl (C=O) groups excluding carboxylic acids is 3. The lowest BCUT2D eigenvalue weighted by atomic mass is 9.71. The first-order valence-electron chi connectivity index (χ1n) is 13.6. The van der Waals surface area contributed by atoms with Crippen LogP contribution in [-0.2, 0) is 24.5 Å². The standard InChI is InChI=1S/C29H45N3O6/c1-8-20(4)23(24(33)30-22(25(34)35)18-19(2)3)31-26(36)29(21-12-10-9-11-13-21)14-16-32(17-15-29)27(37)38-28(5,6)7/h9-13,19-20,22-23H,8,14-18H2,1-7H3,(H,30,33)(H,31,36)(H,34,35)/t20?,22-,23+/m1/s1. The van der Waals surface area contributed by atoms with E-state index in [4.69, 9.17) is 4.74 Å². The van der Waals surface area contributed by atoms with E-state index in [0.29, 0.717) is 32.4 Å². The summed E-state index contributed by atoms with van der Waals surface area (Å²) >= 11 is 0. The monoisotopic (exact) mass is 531 g/mol. The van der Waals surface area contributed by atoms with Crippen LogP contribution in [0.25, 0.3) is 0 Å². The van der Waals surface area contributed by atoms with E-state index in [2.05, 4.69) is 10.6 Å². The van der Waals surface area contributed by atoms with Gasteiger partial charge in [-0.25, -0.2) is 9.59 Å². The highest BCUT2D eigenvalue weighted by molar-refractivity contribution is 5.94. The Bertz CT molecular complexity index is 964. The third-order valence-corrected chi connectivity index (χ3v) is 7.13. The van der Waals surface area contributed by atoms with Gasteiger partial charge in [-0.1, -0.05) is 64.4 Å². The molecule has 38 heavy (non-hydrogen) atoms. The summed E-state index contributed by atoms with van der Waals surface area (Å²) in [6.45, 7) is 13.7. The number of ether oxygens (including phenoxy) is 1. The van der Waals surface area contributed by atoms with Crippen molar-refractivity contribution in [2.45, 2.75) is 97.2 Å². The van der Waals surface area contributed by atoms with Crippen molar-refractivity contribution in [3.63, 3.8) is 0 Å². The minimum Gasteiger partial charge on any atom is -0.480 e. The Morgan fingerprint density at radius 1 is 1.03 bits per heavy atom. The molecule has 1 aliphatic heterocycles. The van der Waals surface area contributed by atoms with Gasteiger partial charge in [-0.05, 0) is 57.4 Å². The van der Waals surface area contributed by atoms with E-state index in [1.165, 1.54) is 0 Å². The molecule has 9 nitrogen and oxygen atoms in total. The van der Waals surface area contributed by atoms with Crippen LogP contribution in [0.2, 0.25) is 0 Å². The number of carboxylic acids is 1. The first kappa shape index (κ1) is 31.1. The van der Waals surface area contributed by atoms with Crippen molar-refractivity contribution in [2.24, 2.45) is 11.8 Å². The Balaban J connectivity index is 2.30. The number of aliphatic carboxylic acids is 1. The molecule has 1 aliphatic rings. The first-order valence-corrected chi connectivity index (χ1v) is 13.6. The van der Waals surface area contributed by atoms with Crippen molar-refractivity contribution < 1.29 is 29.0 Å². The zero-order valence-electron chi connectivity index (χ0n) is 23.9. The topological polar surface area (TPSA) is 125 Å². The van der Waals surface area contributed by atoms with Gasteiger partial charge < -0.3 is 25.4 Å². The van der Waals surface area contributed by atoms with Crippen LogP contribution < -0.4 is 10.6 Å².